The Morgan fingerprint density at radius 2 is 1.75 bits per heavy atom. The maximum Gasteiger partial charge on any atom is 0.220 e. The summed E-state index contributed by atoms with van der Waals surface area (Å²) < 4.78 is 0. The molecule has 0 spiro atoms. The van der Waals surface area contributed by atoms with Gasteiger partial charge in [-0.1, -0.05) is 49.7 Å². The second kappa shape index (κ2) is 9.75. The Bertz CT molecular complexity index is 638. The van der Waals surface area contributed by atoms with Crippen molar-refractivity contribution < 1.29 is 4.79 Å². The van der Waals surface area contributed by atoms with Gasteiger partial charge in [-0.15, -0.1) is 11.8 Å². The summed E-state index contributed by atoms with van der Waals surface area (Å²) >= 11 is 7.57. The van der Waals surface area contributed by atoms with Crippen LogP contribution in [0.4, 0.5) is 0 Å². The lowest BCUT2D eigenvalue weighted by molar-refractivity contribution is -0.120. The van der Waals surface area contributed by atoms with Crippen LogP contribution in [-0.4, -0.2) is 18.2 Å². The van der Waals surface area contributed by atoms with Crippen molar-refractivity contribution in [2.45, 2.75) is 37.5 Å². The molecule has 0 heterocycles. The van der Waals surface area contributed by atoms with E-state index < -0.39 is 0 Å². The minimum Gasteiger partial charge on any atom is -0.355 e. The van der Waals surface area contributed by atoms with Crippen LogP contribution in [0.1, 0.15) is 37.3 Å². The number of halogens is 1. The molecule has 1 amide bonds. The summed E-state index contributed by atoms with van der Waals surface area (Å²) in [6, 6.07) is 16.3. The van der Waals surface area contributed by atoms with Gasteiger partial charge in [-0.3, -0.25) is 4.79 Å². The number of thioether (sulfide) groups is 1. The van der Waals surface area contributed by atoms with Gasteiger partial charge < -0.3 is 5.32 Å². The van der Waals surface area contributed by atoms with Crippen LogP contribution < -0.4 is 5.32 Å². The highest BCUT2D eigenvalue weighted by atomic mass is 35.5. The van der Waals surface area contributed by atoms with Crippen molar-refractivity contribution in [3.05, 3.63) is 64.7 Å². The molecule has 2 rings (SSSR count). The van der Waals surface area contributed by atoms with E-state index in [0.29, 0.717) is 18.9 Å². The third-order valence-electron chi connectivity index (χ3n) is 3.79. The zero-order chi connectivity index (χ0) is 17.4. The Hall–Kier alpha value is -1.45. The molecule has 4 heteroatoms. The fourth-order valence-corrected chi connectivity index (χ4v) is 3.20. The van der Waals surface area contributed by atoms with Gasteiger partial charge >= 0.3 is 0 Å². The van der Waals surface area contributed by atoms with E-state index in [-0.39, 0.29) is 5.91 Å². The molecule has 2 aromatic carbocycles. The van der Waals surface area contributed by atoms with Crippen LogP contribution in [0.2, 0.25) is 5.02 Å². The summed E-state index contributed by atoms with van der Waals surface area (Å²) in [5.74, 6) is 1.51. The molecule has 0 radical (unpaired) electrons. The van der Waals surface area contributed by atoms with Crippen molar-refractivity contribution in [2.24, 2.45) is 0 Å². The average molecular weight is 362 g/mol. The molecule has 0 aliphatic carbocycles. The van der Waals surface area contributed by atoms with Crippen molar-refractivity contribution in [1.29, 1.82) is 0 Å². The summed E-state index contributed by atoms with van der Waals surface area (Å²) in [6.45, 7) is 5.05. The Morgan fingerprint density at radius 3 is 2.38 bits per heavy atom. The number of rotatable bonds is 8. The number of carbonyl (C=O) groups excluding carboxylic acids is 1. The molecule has 1 N–H and O–H groups in total. The zero-order valence-corrected chi connectivity index (χ0v) is 15.8. The monoisotopic (exact) mass is 361 g/mol. The van der Waals surface area contributed by atoms with Crippen LogP contribution in [0, 0.1) is 0 Å². The van der Waals surface area contributed by atoms with Gasteiger partial charge in [0.25, 0.3) is 0 Å². The van der Waals surface area contributed by atoms with E-state index >= 15 is 0 Å². The molecule has 0 fully saturated rings. The largest absolute Gasteiger partial charge is 0.355 e. The molecule has 0 unspecified atom stereocenters. The summed E-state index contributed by atoms with van der Waals surface area (Å²) in [4.78, 5) is 13.1. The van der Waals surface area contributed by atoms with E-state index in [4.69, 9.17) is 11.6 Å². The van der Waals surface area contributed by atoms with E-state index in [1.54, 1.807) is 11.8 Å². The maximum atomic E-state index is 11.9. The lowest BCUT2D eigenvalue weighted by Gasteiger charge is -2.08. The number of benzene rings is 2. The number of aryl methyl sites for hydroxylation is 1. The Balaban J connectivity index is 1.63. The standard InChI is InChI=1S/C20H24ClNOS/c1-15(2)17-6-3-16(4-7-17)5-12-20(23)22-13-14-24-19-10-8-18(21)9-11-19/h3-4,6-11,15H,5,12-14H2,1-2H3,(H,22,23). The Labute approximate surface area is 154 Å². The smallest absolute Gasteiger partial charge is 0.220 e. The molecule has 0 saturated carbocycles. The second-order valence-electron chi connectivity index (χ2n) is 6.05. The van der Waals surface area contributed by atoms with E-state index in [1.807, 2.05) is 24.3 Å². The summed E-state index contributed by atoms with van der Waals surface area (Å²) in [7, 11) is 0. The first-order chi connectivity index (χ1) is 11.5. The van der Waals surface area contributed by atoms with Crippen LogP contribution in [0.5, 0.6) is 0 Å². The van der Waals surface area contributed by atoms with Gasteiger partial charge in [-0.05, 0) is 47.7 Å². The summed E-state index contributed by atoms with van der Waals surface area (Å²) in [5, 5.41) is 3.72. The zero-order valence-electron chi connectivity index (χ0n) is 14.2. The fraction of sp³-hybridized carbons (Fsp3) is 0.350. The minimum atomic E-state index is 0.111. The van der Waals surface area contributed by atoms with E-state index in [1.165, 1.54) is 16.0 Å². The highest BCUT2D eigenvalue weighted by Crippen LogP contribution is 2.19. The molecule has 0 aromatic heterocycles. The van der Waals surface area contributed by atoms with Crippen molar-refractivity contribution in [1.82, 2.24) is 5.32 Å². The Morgan fingerprint density at radius 1 is 1.08 bits per heavy atom. The van der Waals surface area contributed by atoms with Crippen molar-refractivity contribution in [3.8, 4) is 0 Å². The SMILES string of the molecule is CC(C)c1ccc(CCC(=O)NCCSc2ccc(Cl)cc2)cc1. The molecule has 0 aliphatic rings. The van der Waals surface area contributed by atoms with Crippen LogP contribution >= 0.6 is 23.4 Å². The molecule has 0 aliphatic heterocycles. The van der Waals surface area contributed by atoms with Crippen LogP contribution in [0.25, 0.3) is 0 Å². The maximum absolute atomic E-state index is 11.9. The normalized spacial score (nSPS) is 10.8. The first-order valence-electron chi connectivity index (χ1n) is 8.28. The van der Waals surface area contributed by atoms with Gasteiger partial charge in [0.05, 0.1) is 0 Å². The molecule has 0 atom stereocenters. The molecule has 128 valence electrons. The van der Waals surface area contributed by atoms with Gasteiger partial charge in [0.15, 0.2) is 0 Å². The first-order valence-corrected chi connectivity index (χ1v) is 9.65. The molecule has 2 aromatic rings. The second-order valence-corrected chi connectivity index (χ2v) is 7.65. The molecule has 24 heavy (non-hydrogen) atoms. The number of carbonyl (C=O) groups is 1. The van der Waals surface area contributed by atoms with Gasteiger partial charge in [0.1, 0.15) is 0 Å². The van der Waals surface area contributed by atoms with Crippen molar-refractivity contribution in [3.63, 3.8) is 0 Å². The summed E-state index contributed by atoms with van der Waals surface area (Å²) in [5.41, 5.74) is 2.55. The highest BCUT2D eigenvalue weighted by Gasteiger charge is 2.03. The number of hydrogen-bond donors (Lipinski definition) is 1. The van der Waals surface area contributed by atoms with E-state index in [2.05, 4.69) is 43.4 Å². The average Bonchev–Trinajstić information content (AvgIpc) is 2.59. The molecular weight excluding hydrogens is 338 g/mol. The number of hydrogen-bond acceptors (Lipinski definition) is 2. The van der Waals surface area contributed by atoms with Gasteiger partial charge in [0, 0.05) is 28.6 Å². The summed E-state index contributed by atoms with van der Waals surface area (Å²) in [6.07, 6.45) is 1.32. The number of nitrogens with one attached hydrogen (secondary N) is 1. The van der Waals surface area contributed by atoms with Crippen molar-refractivity contribution in [2.75, 3.05) is 12.3 Å². The molecule has 2 nitrogen and oxygen atoms in total. The van der Waals surface area contributed by atoms with Gasteiger partial charge in [0.2, 0.25) is 5.91 Å². The fourth-order valence-electron chi connectivity index (χ4n) is 2.31. The van der Waals surface area contributed by atoms with Crippen LogP contribution in [0.3, 0.4) is 0 Å². The van der Waals surface area contributed by atoms with Gasteiger partial charge in [-0.2, -0.15) is 0 Å². The lowest BCUT2D eigenvalue weighted by atomic mass is 10.0. The minimum absolute atomic E-state index is 0.111. The first kappa shape index (κ1) is 18.9. The predicted octanol–water partition coefficient (Wildman–Crippen LogP) is 5.30. The van der Waals surface area contributed by atoms with Gasteiger partial charge in [-0.25, -0.2) is 0 Å². The van der Waals surface area contributed by atoms with E-state index in [9.17, 15) is 4.79 Å². The van der Waals surface area contributed by atoms with Crippen molar-refractivity contribution >= 4 is 29.3 Å². The van der Waals surface area contributed by atoms with Crippen LogP contribution in [-0.2, 0) is 11.2 Å². The third kappa shape index (κ3) is 6.58. The molecule has 0 bridgehead atoms. The molecular formula is C20H24ClNOS. The molecule has 0 saturated heterocycles. The van der Waals surface area contributed by atoms with Crippen LogP contribution in [0.15, 0.2) is 53.4 Å². The lowest BCUT2D eigenvalue weighted by Crippen LogP contribution is -2.25. The third-order valence-corrected chi connectivity index (χ3v) is 5.06. The topological polar surface area (TPSA) is 29.1 Å². The predicted molar refractivity (Wildman–Crippen MR) is 104 cm³/mol. The Kier molecular flexibility index (Phi) is 7.67. The number of amides is 1. The quantitative estimate of drug-likeness (QED) is 0.510. The highest BCUT2D eigenvalue weighted by molar-refractivity contribution is 7.99. The van der Waals surface area contributed by atoms with E-state index in [0.717, 1.165) is 17.2 Å².